The van der Waals surface area contributed by atoms with Crippen LogP contribution in [-0.4, -0.2) is 41.8 Å². The minimum atomic E-state index is -0.775. The number of amides is 1. The highest BCUT2D eigenvalue weighted by atomic mass is 16.6. The topological polar surface area (TPSA) is 66.8 Å². The van der Waals surface area contributed by atoms with Crippen LogP contribution >= 0.6 is 0 Å². The molecule has 0 aromatic carbocycles. The summed E-state index contributed by atoms with van der Waals surface area (Å²) in [6, 6.07) is 0. The average molecular weight is 241 g/mol. The molecule has 1 fully saturated rings. The second kappa shape index (κ2) is 6.27. The number of carboxylic acid groups (broad SMARTS) is 1. The molecule has 1 aliphatic heterocycles. The summed E-state index contributed by atoms with van der Waals surface area (Å²) in [7, 11) is 0. The molecule has 1 heterocycles. The van der Waals surface area contributed by atoms with E-state index < -0.39 is 5.97 Å². The zero-order chi connectivity index (χ0) is 12.8. The summed E-state index contributed by atoms with van der Waals surface area (Å²) in [5.74, 6) is -1.10. The molecule has 0 saturated carbocycles. The SMILES string of the molecule is CC(C)=CCOC(=O)N1CCC(C(=O)O)CC1. The number of carbonyl (C=O) groups excluding carboxylic acids is 1. The summed E-state index contributed by atoms with van der Waals surface area (Å²) in [6.07, 6.45) is 2.49. The highest BCUT2D eigenvalue weighted by Gasteiger charge is 2.27. The lowest BCUT2D eigenvalue weighted by Crippen LogP contribution is -2.40. The van der Waals surface area contributed by atoms with Gasteiger partial charge in [0, 0.05) is 13.1 Å². The third-order valence-corrected chi connectivity index (χ3v) is 2.80. The molecule has 0 aromatic rings. The number of allylic oxidation sites excluding steroid dienone is 1. The van der Waals surface area contributed by atoms with Crippen molar-refractivity contribution in [1.29, 1.82) is 0 Å². The largest absolute Gasteiger partial charge is 0.481 e. The van der Waals surface area contributed by atoms with Crippen LogP contribution in [0, 0.1) is 5.92 Å². The van der Waals surface area contributed by atoms with Gasteiger partial charge in [0.2, 0.25) is 0 Å². The van der Waals surface area contributed by atoms with E-state index in [0.717, 1.165) is 5.57 Å². The summed E-state index contributed by atoms with van der Waals surface area (Å²) in [4.78, 5) is 23.9. The first-order chi connectivity index (χ1) is 8.00. The lowest BCUT2D eigenvalue weighted by molar-refractivity contribution is -0.143. The van der Waals surface area contributed by atoms with Gasteiger partial charge in [0.15, 0.2) is 0 Å². The van der Waals surface area contributed by atoms with Gasteiger partial charge in [-0.25, -0.2) is 4.79 Å². The smallest absolute Gasteiger partial charge is 0.410 e. The van der Waals surface area contributed by atoms with Crippen molar-refractivity contribution >= 4 is 12.1 Å². The van der Waals surface area contributed by atoms with Crippen molar-refractivity contribution in [3.8, 4) is 0 Å². The third kappa shape index (κ3) is 4.46. The fraction of sp³-hybridized carbons (Fsp3) is 0.667. The lowest BCUT2D eigenvalue weighted by atomic mass is 9.97. The Bertz CT molecular complexity index is 312. The molecular formula is C12H19NO4. The summed E-state index contributed by atoms with van der Waals surface area (Å²) < 4.78 is 5.05. The number of hydrogen-bond donors (Lipinski definition) is 1. The van der Waals surface area contributed by atoms with Crippen LogP contribution in [0.5, 0.6) is 0 Å². The van der Waals surface area contributed by atoms with Gasteiger partial charge >= 0.3 is 12.1 Å². The molecule has 0 bridgehead atoms. The van der Waals surface area contributed by atoms with Crippen molar-refractivity contribution in [3.63, 3.8) is 0 Å². The number of carbonyl (C=O) groups is 2. The number of likely N-dealkylation sites (tertiary alicyclic amines) is 1. The first-order valence-corrected chi connectivity index (χ1v) is 5.78. The minimum Gasteiger partial charge on any atom is -0.481 e. The fourth-order valence-corrected chi connectivity index (χ4v) is 1.68. The third-order valence-electron chi connectivity index (χ3n) is 2.80. The van der Waals surface area contributed by atoms with Gasteiger partial charge in [0.1, 0.15) is 6.61 Å². The van der Waals surface area contributed by atoms with Gasteiger partial charge in [-0.05, 0) is 32.8 Å². The lowest BCUT2D eigenvalue weighted by Gasteiger charge is -2.29. The van der Waals surface area contributed by atoms with E-state index >= 15 is 0 Å². The van der Waals surface area contributed by atoms with Gasteiger partial charge in [-0.15, -0.1) is 0 Å². The molecule has 0 aliphatic carbocycles. The van der Waals surface area contributed by atoms with Crippen LogP contribution in [0.15, 0.2) is 11.6 Å². The van der Waals surface area contributed by atoms with E-state index in [1.54, 1.807) is 4.90 Å². The van der Waals surface area contributed by atoms with E-state index in [1.807, 2.05) is 19.9 Å². The highest BCUT2D eigenvalue weighted by Crippen LogP contribution is 2.17. The molecule has 0 radical (unpaired) electrons. The Morgan fingerprint density at radius 3 is 2.41 bits per heavy atom. The second-order valence-corrected chi connectivity index (χ2v) is 4.46. The normalized spacial score (nSPS) is 16.5. The summed E-state index contributed by atoms with van der Waals surface area (Å²) in [6.45, 7) is 5.08. The fourth-order valence-electron chi connectivity index (χ4n) is 1.68. The molecule has 5 heteroatoms. The number of hydrogen-bond acceptors (Lipinski definition) is 3. The Morgan fingerprint density at radius 2 is 1.94 bits per heavy atom. The summed E-state index contributed by atoms with van der Waals surface area (Å²) in [5.41, 5.74) is 1.10. The van der Waals surface area contributed by atoms with Crippen LogP contribution in [0.3, 0.4) is 0 Å². The summed E-state index contributed by atoms with van der Waals surface area (Å²) >= 11 is 0. The van der Waals surface area contributed by atoms with Crippen LogP contribution in [-0.2, 0) is 9.53 Å². The van der Waals surface area contributed by atoms with Crippen molar-refractivity contribution in [1.82, 2.24) is 4.90 Å². The first kappa shape index (κ1) is 13.5. The quantitative estimate of drug-likeness (QED) is 0.766. The number of carboxylic acids is 1. The van der Waals surface area contributed by atoms with E-state index in [4.69, 9.17) is 9.84 Å². The van der Waals surface area contributed by atoms with Crippen LogP contribution in [0.4, 0.5) is 4.79 Å². The molecule has 17 heavy (non-hydrogen) atoms. The Kier molecular flexibility index (Phi) is 5.00. The molecule has 5 nitrogen and oxygen atoms in total. The predicted octanol–water partition coefficient (Wildman–Crippen LogP) is 1.89. The molecule has 1 saturated heterocycles. The average Bonchev–Trinajstić information content (AvgIpc) is 2.28. The Balaban J connectivity index is 2.31. The van der Waals surface area contributed by atoms with Gasteiger partial charge in [-0.2, -0.15) is 0 Å². The number of rotatable bonds is 3. The van der Waals surface area contributed by atoms with E-state index in [2.05, 4.69) is 0 Å². The maximum Gasteiger partial charge on any atom is 0.410 e. The molecule has 0 aromatic heterocycles. The van der Waals surface area contributed by atoms with Crippen LogP contribution in [0.2, 0.25) is 0 Å². The van der Waals surface area contributed by atoms with Gasteiger partial charge in [-0.1, -0.05) is 5.57 Å². The monoisotopic (exact) mass is 241 g/mol. The van der Waals surface area contributed by atoms with Crippen LogP contribution in [0.1, 0.15) is 26.7 Å². The Morgan fingerprint density at radius 1 is 1.35 bits per heavy atom. The second-order valence-electron chi connectivity index (χ2n) is 4.46. The number of aliphatic carboxylic acids is 1. The summed E-state index contributed by atoms with van der Waals surface area (Å²) in [5, 5.41) is 8.82. The van der Waals surface area contributed by atoms with Gasteiger partial charge < -0.3 is 14.7 Å². The maximum atomic E-state index is 11.6. The Hall–Kier alpha value is -1.52. The van der Waals surface area contributed by atoms with Gasteiger partial charge in [0.25, 0.3) is 0 Å². The molecule has 0 atom stereocenters. The van der Waals surface area contributed by atoms with E-state index in [-0.39, 0.29) is 18.6 Å². The predicted molar refractivity (Wildman–Crippen MR) is 62.7 cm³/mol. The van der Waals surface area contributed by atoms with E-state index in [1.165, 1.54) is 0 Å². The number of ether oxygens (including phenoxy) is 1. The van der Waals surface area contributed by atoms with Crippen LogP contribution in [0.25, 0.3) is 0 Å². The highest BCUT2D eigenvalue weighted by molar-refractivity contribution is 5.71. The molecule has 96 valence electrons. The van der Waals surface area contributed by atoms with E-state index in [9.17, 15) is 9.59 Å². The van der Waals surface area contributed by atoms with E-state index in [0.29, 0.717) is 25.9 Å². The van der Waals surface area contributed by atoms with Crippen molar-refractivity contribution in [2.24, 2.45) is 5.92 Å². The van der Waals surface area contributed by atoms with Crippen LogP contribution < -0.4 is 0 Å². The molecule has 1 amide bonds. The molecule has 0 unspecified atom stereocenters. The molecule has 1 rings (SSSR count). The zero-order valence-corrected chi connectivity index (χ0v) is 10.3. The van der Waals surface area contributed by atoms with Crippen molar-refractivity contribution in [2.45, 2.75) is 26.7 Å². The van der Waals surface area contributed by atoms with Gasteiger partial charge in [0.05, 0.1) is 5.92 Å². The Labute approximate surface area is 101 Å². The molecular weight excluding hydrogens is 222 g/mol. The molecule has 1 aliphatic rings. The maximum absolute atomic E-state index is 11.6. The van der Waals surface area contributed by atoms with Gasteiger partial charge in [-0.3, -0.25) is 4.79 Å². The number of nitrogens with zero attached hydrogens (tertiary/aromatic N) is 1. The standard InChI is InChI=1S/C12H19NO4/c1-9(2)5-8-17-12(16)13-6-3-10(4-7-13)11(14)15/h5,10H,3-4,6-8H2,1-2H3,(H,14,15). The first-order valence-electron chi connectivity index (χ1n) is 5.78. The number of piperidine rings is 1. The zero-order valence-electron chi connectivity index (χ0n) is 10.3. The van der Waals surface area contributed by atoms with Crippen molar-refractivity contribution in [3.05, 3.63) is 11.6 Å². The van der Waals surface area contributed by atoms with Crippen molar-refractivity contribution < 1.29 is 19.4 Å². The minimum absolute atomic E-state index is 0.278. The van der Waals surface area contributed by atoms with Crippen molar-refractivity contribution in [2.75, 3.05) is 19.7 Å². The molecule has 1 N–H and O–H groups in total. The molecule has 0 spiro atoms.